The van der Waals surface area contributed by atoms with E-state index in [0.29, 0.717) is 23.6 Å². The van der Waals surface area contributed by atoms with Crippen molar-refractivity contribution in [3.63, 3.8) is 0 Å². The predicted octanol–water partition coefficient (Wildman–Crippen LogP) is 4.47. The van der Waals surface area contributed by atoms with Crippen molar-refractivity contribution in [2.24, 2.45) is 5.92 Å². The number of rotatable bonds is 9. The highest BCUT2D eigenvalue weighted by atomic mass is 16.5. The molecule has 0 aliphatic heterocycles. The monoisotopic (exact) mass is 425 g/mol. The average molecular weight is 426 g/mol. The standard InChI is InChI=1S/C25H31NO5/c1-18(25(28)30-3)16-26(17-19-9-5-4-6-10-19)24(27)20-13-14-22(23(15-20)29-2)31-21-11-7-8-12-21/h4-6,9-10,13-15,18,21H,7-8,11-12,16-17H2,1-3H3. The second-order valence-corrected chi connectivity index (χ2v) is 7.99. The van der Waals surface area contributed by atoms with Crippen LogP contribution in [0.1, 0.15) is 48.5 Å². The van der Waals surface area contributed by atoms with E-state index in [9.17, 15) is 9.59 Å². The number of hydrogen-bond donors (Lipinski definition) is 0. The summed E-state index contributed by atoms with van der Waals surface area (Å²) in [7, 11) is 2.93. The lowest BCUT2D eigenvalue weighted by Crippen LogP contribution is -2.36. The molecule has 2 aromatic rings. The SMILES string of the molecule is COC(=O)C(C)CN(Cc1ccccc1)C(=O)c1ccc(OC2CCCC2)c(OC)c1. The highest BCUT2D eigenvalue weighted by Crippen LogP contribution is 2.33. The minimum atomic E-state index is -0.440. The van der Waals surface area contributed by atoms with E-state index < -0.39 is 5.92 Å². The molecule has 6 heteroatoms. The van der Waals surface area contributed by atoms with E-state index in [1.54, 1.807) is 37.1 Å². The predicted molar refractivity (Wildman–Crippen MR) is 118 cm³/mol. The van der Waals surface area contributed by atoms with Crippen LogP contribution in [-0.2, 0) is 16.1 Å². The Bertz CT molecular complexity index is 877. The summed E-state index contributed by atoms with van der Waals surface area (Å²) >= 11 is 0. The molecule has 0 heterocycles. The molecule has 1 unspecified atom stereocenters. The number of hydrogen-bond acceptors (Lipinski definition) is 5. The Morgan fingerprint density at radius 2 is 1.74 bits per heavy atom. The molecule has 0 bridgehead atoms. The minimum absolute atomic E-state index is 0.176. The fourth-order valence-electron chi connectivity index (χ4n) is 3.90. The Morgan fingerprint density at radius 1 is 1.03 bits per heavy atom. The molecule has 6 nitrogen and oxygen atoms in total. The maximum atomic E-state index is 13.4. The summed E-state index contributed by atoms with van der Waals surface area (Å²) in [6.45, 7) is 2.41. The normalized spacial score (nSPS) is 14.7. The van der Waals surface area contributed by atoms with Crippen molar-refractivity contribution in [2.75, 3.05) is 20.8 Å². The molecular weight excluding hydrogens is 394 g/mol. The van der Waals surface area contributed by atoms with Crippen LogP contribution in [0.25, 0.3) is 0 Å². The molecule has 1 amide bonds. The van der Waals surface area contributed by atoms with Crippen LogP contribution in [0.4, 0.5) is 0 Å². The van der Waals surface area contributed by atoms with Crippen molar-refractivity contribution in [1.82, 2.24) is 4.90 Å². The maximum Gasteiger partial charge on any atom is 0.310 e. The van der Waals surface area contributed by atoms with Gasteiger partial charge in [-0.15, -0.1) is 0 Å². The third kappa shape index (κ3) is 6.00. The third-order valence-corrected chi connectivity index (χ3v) is 5.61. The number of carbonyl (C=O) groups excluding carboxylic acids is 2. The molecule has 0 saturated heterocycles. The first-order valence-electron chi connectivity index (χ1n) is 10.8. The number of benzene rings is 2. The van der Waals surface area contributed by atoms with E-state index in [1.165, 1.54) is 20.0 Å². The molecule has 0 aromatic heterocycles. The number of nitrogens with zero attached hydrogens (tertiary/aromatic N) is 1. The molecule has 1 aliphatic carbocycles. The van der Waals surface area contributed by atoms with Crippen LogP contribution < -0.4 is 9.47 Å². The second kappa shape index (κ2) is 10.8. The molecule has 31 heavy (non-hydrogen) atoms. The van der Waals surface area contributed by atoms with Crippen molar-refractivity contribution >= 4 is 11.9 Å². The van der Waals surface area contributed by atoms with Crippen LogP contribution in [-0.4, -0.2) is 43.6 Å². The summed E-state index contributed by atoms with van der Waals surface area (Å²) in [5.74, 6) is 0.237. The van der Waals surface area contributed by atoms with Crippen LogP contribution in [0.2, 0.25) is 0 Å². The van der Waals surface area contributed by atoms with Gasteiger partial charge in [0.2, 0.25) is 0 Å². The van der Waals surface area contributed by atoms with E-state index in [0.717, 1.165) is 18.4 Å². The zero-order valence-electron chi connectivity index (χ0n) is 18.5. The van der Waals surface area contributed by atoms with Crippen LogP contribution in [0, 0.1) is 5.92 Å². The first-order chi connectivity index (χ1) is 15.0. The Labute approximate surface area is 184 Å². The average Bonchev–Trinajstić information content (AvgIpc) is 3.31. The van der Waals surface area contributed by atoms with Crippen molar-refractivity contribution in [1.29, 1.82) is 0 Å². The van der Waals surface area contributed by atoms with Crippen LogP contribution in [0.3, 0.4) is 0 Å². The lowest BCUT2D eigenvalue weighted by molar-refractivity contribution is -0.145. The van der Waals surface area contributed by atoms with Crippen LogP contribution in [0.15, 0.2) is 48.5 Å². The molecule has 2 aromatic carbocycles. The quantitative estimate of drug-likeness (QED) is 0.555. The lowest BCUT2D eigenvalue weighted by atomic mass is 10.1. The highest BCUT2D eigenvalue weighted by Gasteiger charge is 2.24. The first-order valence-corrected chi connectivity index (χ1v) is 10.8. The van der Waals surface area contributed by atoms with Crippen LogP contribution >= 0.6 is 0 Å². The van der Waals surface area contributed by atoms with Gasteiger partial charge in [0.1, 0.15) is 0 Å². The Kier molecular flexibility index (Phi) is 7.93. The molecule has 1 atom stereocenters. The molecule has 166 valence electrons. The van der Waals surface area contributed by atoms with Gasteiger partial charge in [0.25, 0.3) is 5.91 Å². The smallest absolute Gasteiger partial charge is 0.310 e. The van der Waals surface area contributed by atoms with Crippen molar-refractivity contribution in [2.45, 2.75) is 45.3 Å². The molecule has 0 radical (unpaired) electrons. The largest absolute Gasteiger partial charge is 0.493 e. The van der Waals surface area contributed by atoms with E-state index in [4.69, 9.17) is 14.2 Å². The van der Waals surface area contributed by atoms with E-state index in [1.807, 2.05) is 30.3 Å². The molecule has 1 saturated carbocycles. The molecule has 1 fully saturated rings. The fraction of sp³-hybridized carbons (Fsp3) is 0.440. The van der Waals surface area contributed by atoms with Gasteiger partial charge in [0, 0.05) is 18.7 Å². The van der Waals surface area contributed by atoms with Crippen molar-refractivity contribution in [3.05, 3.63) is 59.7 Å². The molecule has 1 aliphatic rings. The summed E-state index contributed by atoms with van der Waals surface area (Å²) in [5.41, 5.74) is 1.48. The topological polar surface area (TPSA) is 65.1 Å². The molecular formula is C25H31NO5. The van der Waals surface area contributed by atoms with Gasteiger partial charge < -0.3 is 19.1 Å². The van der Waals surface area contributed by atoms with Crippen LogP contribution in [0.5, 0.6) is 11.5 Å². The number of methoxy groups -OCH3 is 2. The van der Waals surface area contributed by atoms with E-state index in [-0.39, 0.29) is 24.5 Å². The maximum absolute atomic E-state index is 13.4. The summed E-state index contributed by atoms with van der Waals surface area (Å²) in [6.07, 6.45) is 4.64. The summed E-state index contributed by atoms with van der Waals surface area (Å²) in [6, 6.07) is 15.0. The van der Waals surface area contributed by atoms with Crippen molar-refractivity contribution < 1.29 is 23.8 Å². The number of esters is 1. The first kappa shape index (κ1) is 22.7. The molecule has 3 rings (SSSR count). The summed E-state index contributed by atoms with van der Waals surface area (Å²) in [5, 5.41) is 0. The Morgan fingerprint density at radius 3 is 2.39 bits per heavy atom. The lowest BCUT2D eigenvalue weighted by Gasteiger charge is -2.26. The van der Waals surface area contributed by atoms with Gasteiger partial charge >= 0.3 is 5.97 Å². The van der Waals surface area contributed by atoms with Gasteiger partial charge in [-0.25, -0.2) is 0 Å². The number of carbonyl (C=O) groups is 2. The fourth-order valence-corrected chi connectivity index (χ4v) is 3.90. The van der Waals surface area contributed by atoms with Gasteiger partial charge in [-0.2, -0.15) is 0 Å². The van der Waals surface area contributed by atoms with Gasteiger partial charge in [-0.05, 0) is 49.4 Å². The summed E-state index contributed by atoms with van der Waals surface area (Å²) < 4.78 is 16.4. The minimum Gasteiger partial charge on any atom is -0.493 e. The van der Waals surface area contributed by atoms with Crippen molar-refractivity contribution in [3.8, 4) is 11.5 Å². The zero-order chi connectivity index (χ0) is 22.2. The third-order valence-electron chi connectivity index (χ3n) is 5.61. The Balaban J connectivity index is 1.82. The van der Waals surface area contributed by atoms with E-state index in [2.05, 4.69) is 0 Å². The summed E-state index contributed by atoms with van der Waals surface area (Å²) in [4.78, 5) is 27.0. The Hall–Kier alpha value is -3.02. The van der Waals surface area contributed by atoms with Gasteiger partial charge in [-0.3, -0.25) is 9.59 Å². The van der Waals surface area contributed by atoms with Gasteiger partial charge in [0.05, 0.1) is 26.2 Å². The van der Waals surface area contributed by atoms with Gasteiger partial charge in [-0.1, -0.05) is 37.3 Å². The second-order valence-electron chi connectivity index (χ2n) is 7.99. The van der Waals surface area contributed by atoms with E-state index >= 15 is 0 Å². The van der Waals surface area contributed by atoms with Gasteiger partial charge in [0.15, 0.2) is 11.5 Å². The number of amides is 1. The number of ether oxygens (including phenoxy) is 3. The molecule has 0 N–H and O–H groups in total. The highest BCUT2D eigenvalue weighted by molar-refractivity contribution is 5.95. The zero-order valence-corrected chi connectivity index (χ0v) is 18.5. The molecule has 0 spiro atoms.